The molecule has 0 radical (unpaired) electrons. The Labute approximate surface area is 89.7 Å². The van der Waals surface area contributed by atoms with Crippen LogP contribution in [0.3, 0.4) is 0 Å². The van der Waals surface area contributed by atoms with Gasteiger partial charge in [-0.05, 0) is 23.6 Å². The van der Waals surface area contributed by atoms with Gasteiger partial charge in [0.2, 0.25) is 0 Å². The number of ether oxygens (including phenoxy) is 1. The smallest absolute Gasteiger partial charge is 0.306 e. The minimum Gasteiger partial charge on any atom is -0.508 e. The lowest BCUT2D eigenvalue weighted by Crippen LogP contribution is -2.07. The quantitative estimate of drug-likeness (QED) is 0.773. The van der Waals surface area contributed by atoms with E-state index in [9.17, 15) is 9.90 Å². The molecule has 0 aliphatic carbocycles. The number of phenols is 1. The average Bonchev–Trinajstić information content (AvgIpc) is 2.14. The number of aromatic hydroxyl groups is 1. The van der Waals surface area contributed by atoms with Gasteiger partial charge in [-0.15, -0.1) is 0 Å². The van der Waals surface area contributed by atoms with Crippen LogP contribution >= 0.6 is 0 Å². The average molecular weight is 208 g/mol. The number of benzene rings is 1. The van der Waals surface area contributed by atoms with Crippen molar-refractivity contribution in [1.29, 1.82) is 0 Å². The van der Waals surface area contributed by atoms with Crippen molar-refractivity contribution in [3.63, 3.8) is 0 Å². The van der Waals surface area contributed by atoms with Gasteiger partial charge < -0.3 is 9.84 Å². The van der Waals surface area contributed by atoms with E-state index in [2.05, 4.69) is 0 Å². The second kappa shape index (κ2) is 5.39. The fourth-order valence-electron chi connectivity index (χ4n) is 1.20. The molecule has 0 saturated carbocycles. The van der Waals surface area contributed by atoms with Crippen molar-refractivity contribution in [3.8, 4) is 5.75 Å². The Bertz CT molecular complexity index is 331. The first-order valence-corrected chi connectivity index (χ1v) is 5.01. The molecule has 82 valence electrons. The van der Waals surface area contributed by atoms with Gasteiger partial charge in [0.15, 0.2) is 0 Å². The molecule has 0 saturated heterocycles. The number of hydrogen-bond acceptors (Lipinski definition) is 3. The predicted octanol–water partition coefficient (Wildman–Crippen LogP) is 2.48. The lowest BCUT2D eigenvalue weighted by molar-refractivity contribution is -0.145. The van der Waals surface area contributed by atoms with Crippen molar-refractivity contribution >= 4 is 5.97 Å². The lowest BCUT2D eigenvalue weighted by Gasteiger charge is -2.06. The first kappa shape index (κ1) is 11.6. The van der Waals surface area contributed by atoms with Crippen molar-refractivity contribution in [2.45, 2.75) is 26.9 Å². The first-order chi connectivity index (χ1) is 7.08. The summed E-state index contributed by atoms with van der Waals surface area (Å²) in [6.07, 6.45) is 0.429. The maximum absolute atomic E-state index is 11.2. The maximum atomic E-state index is 11.2. The van der Waals surface area contributed by atoms with Gasteiger partial charge in [0.25, 0.3) is 0 Å². The summed E-state index contributed by atoms with van der Waals surface area (Å²) < 4.78 is 5.04. The topological polar surface area (TPSA) is 46.5 Å². The number of esters is 1. The van der Waals surface area contributed by atoms with E-state index in [1.54, 1.807) is 18.2 Å². The molecular weight excluding hydrogens is 192 g/mol. The molecule has 0 fully saturated rings. The molecule has 0 spiro atoms. The Morgan fingerprint density at radius 2 is 2.20 bits per heavy atom. The third-order valence-electron chi connectivity index (χ3n) is 1.89. The monoisotopic (exact) mass is 208 g/mol. The Hall–Kier alpha value is -1.51. The van der Waals surface area contributed by atoms with Crippen LogP contribution in [0.5, 0.6) is 5.75 Å². The van der Waals surface area contributed by atoms with Gasteiger partial charge in [0.1, 0.15) is 12.4 Å². The van der Waals surface area contributed by atoms with Crippen molar-refractivity contribution in [3.05, 3.63) is 29.8 Å². The van der Waals surface area contributed by atoms with Gasteiger partial charge >= 0.3 is 5.97 Å². The summed E-state index contributed by atoms with van der Waals surface area (Å²) in [7, 11) is 0. The van der Waals surface area contributed by atoms with Crippen molar-refractivity contribution in [2.75, 3.05) is 0 Å². The Balaban J connectivity index is 2.40. The summed E-state index contributed by atoms with van der Waals surface area (Å²) in [6, 6.07) is 6.70. The molecule has 1 aromatic rings. The highest BCUT2D eigenvalue weighted by molar-refractivity contribution is 5.69. The zero-order valence-corrected chi connectivity index (χ0v) is 9.06. The second-order valence-corrected chi connectivity index (χ2v) is 3.93. The van der Waals surface area contributed by atoms with Gasteiger partial charge in [0, 0.05) is 6.42 Å². The van der Waals surface area contributed by atoms with Crippen LogP contribution < -0.4 is 0 Å². The molecule has 0 aliphatic rings. The molecule has 1 rings (SSSR count). The van der Waals surface area contributed by atoms with Crippen LogP contribution in [-0.2, 0) is 16.1 Å². The van der Waals surface area contributed by atoms with Gasteiger partial charge in [0.05, 0.1) is 0 Å². The minimum absolute atomic E-state index is 0.187. The van der Waals surface area contributed by atoms with Crippen LogP contribution in [-0.4, -0.2) is 11.1 Å². The molecule has 15 heavy (non-hydrogen) atoms. The predicted molar refractivity (Wildman–Crippen MR) is 57.4 cm³/mol. The Morgan fingerprint density at radius 1 is 1.47 bits per heavy atom. The summed E-state index contributed by atoms with van der Waals surface area (Å²) in [5, 5.41) is 9.18. The van der Waals surface area contributed by atoms with E-state index < -0.39 is 0 Å². The summed E-state index contributed by atoms with van der Waals surface area (Å²) in [4.78, 5) is 11.2. The van der Waals surface area contributed by atoms with E-state index in [1.807, 2.05) is 19.9 Å². The lowest BCUT2D eigenvalue weighted by atomic mass is 10.1. The molecule has 3 nitrogen and oxygen atoms in total. The molecule has 0 aliphatic heterocycles. The Morgan fingerprint density at radius 3 is 2.80 bits per heavy atom. The molecule has 1 aromatic carbocycles. The molecule has 3 heteroatoms. The fraction of sp³-hybridized carbons (Fsp3) is 0.417. The molecule has 0 amide bonds. The Kier molecular flexibility index (Phi) is 4.16. The van der Waals surface area contributed by atoms with Crippen LogP contribution in [0, 0.1) is 5.92 Å². The zero-order chi connectivity index (χ0) is 11.3. The zero-order valence-electron chi connectivity index (χ0n) is 9.06. The maximum Gasteiger partial charge on any atom is 0.306 e. The summed E-state index contributed by atoms with van der Waals surface area (Å²) in [5.41, 5.74) is 0.798. The van der Waals surface area contributed by atoms with E-state index in [0.29, 0.717) is 12.3 Å². The van der Waals surface area contributed by atoms with Crippen LogP contribution in [0.1, 0.15) is 25.8 Å². The van der Waals surface area contributed by atoms with E-state index in [4.69, 9.17) is 4.74 Å². The van der Waals surface area contributed by atoms with Crippen molar-refractivity contribution in [1.82, 2.24) is 0 Å². The van der Waals surface area contributed by atoms with Crippen LogP contribution in [0.15, 0.2) is 24.3 Å². The summed E-state index contributed by atoms with van der Waals surface area (Å²) >= 11 is 0. The van der Waals surface area contributed by atoms with E-state index in [-0.39, 0.29) is 18.3 Å². The normalized spacial score (nSPS) is 10.3. The fourth-order valence-corrected chi connectivity index (χ4v) is 1.20. The molecule has 0 atom stereocenters. The molecular formula is C12H16O3. The molecule has 0 bridgehead atoms. The molecule has 0 heterocycles. The SMILES string of the molecule is CC(C)CC(=O)OCc1cccc(O)c1. The van der Waals surface area contributed by atoms with Crippen LogP contribution in [0.25, 0.3) is 0 Å². The summed E-state index contributed by atoms with van der Waals surface area (Å²) in [6.45, 7) is 4.16. The highest BCUT2D eigenvalue weighted by atomic mass is 16.5. The van der Waals surface area contributed by atoms with Crippen molar-refractivity contribution in [2.24, 2.45) is 5.92 Å². The molecule has 0 aromatic heterocycles. The number of rotatable bonds is 4. The summed E-state index contributed by atoms with van der Waals surface area (Å²) in [5.74, 6) is 0.294. The first-order valence-electron chi connectivity index (χ1n) is 5.01. The van der Waals surface area contributed by atoms with Gasteiger partial charge in [-0.25, -0.2) is 0 Å². The highest BCUT2D eigenvalue weighted by Crippen LogP contribution is 2.12. The second-order valence-electron chi connectivity index (χ2n) is 3.93. The van der Waals surface area contributed by atoms with E-state index in [1.165, 1.54) is 0 Å². The number of carbonyl (C=O) groups is 1. The standard InChI is InChI=1S/C12H16O3/c1-9(2)6-12(14)15-8-10-4-3-5-11(13)7-10/h3-5,7,9,13H,6,8H2,1-2H3. The molecule has 0 unspecified atom stereocenters. The van der Waals surface area contributed by atoms with Crippen LogP contribution in [0.2, 0.25) is 0 Å². The van der Waals surface area contributed by atoms with Gasteiger partial charge in [-0.2, -0.15) is 0 Å². The largest absolute Gasteiger partial charge is 0.508 e. The van der Waals surface area contributed by atoms with Gasteiger partial charge in [-0.1, -0.05) is 26.0 Å². The number of carbonyl (C=O) groups excluding carboxylic acids is 1. The third kappa shape index (κ3) is 4.49. The van der Waals surface area contributed by atoms with Gasteiger partial charge in [-0.3, -0.25) is 4.79 Å². The minimum atomic E-state index is -0.201. The van der Waals surface area contributed by atoms with E-state index >= 15 is 0 Å². The highest BCUT2D eigenvalue weighted by Gasteiger charge is 2.06. The third-order valence-corrected chi connectivity index (χ3v) is 1.89. The number of phenolic OH excluding ortho intramolecular Hbond substituents is 1. The van der Waals surface area contributed by atoms with Crippen LogP contribution in [0.4, 0.5) is 0 Å². The van der Waals surface area contributed by atoms with E-state index in [0.717, 1.165) is 5.56 Å². The van der Waals surface area contributed by atoms with Crippen molar-refractivity contribution < 1.29 is 14.6 Å². The number of hydrogen-bond donors (Lipinski definition) is 1. The molecule has 1 N–H and O–H groups in total.